The molecule has 0 N–H and O–H groups in total. The Hall–Kier alpha value is -6.69. The Kier molecular flexibility index (Phi) is 7.29. The van der Waals surface area contributed by atoms with Crippen LogP contribution in [0.3, 0.4) is 0 Å². The van der Waals surface area contributed by atoms with E-state index in [1.54, 1.807) is 6.20 Å². The number of hydrogen-bond acceptors (Lipinski definition) is 4. The quantitative estimate of drug-likeness (QED) is 0.175. The van der Waals surface area contributed by atoms with Gasteiger partial charge in [-0.2, -0.15) is 0 Å². The zero-order valence-corrected chi connectivity index (χ0v) is 28.8. The summed E-state index contributed by atoms with van der Waals surface area (Å²) in [6, 6.07) is 60.0. The highest BCUT2D eigenvalue weighted by molar-refractivity contribution is 7.22. The smallest absolute Gasteiger partial charge is 0.160 e. The summed E-state index contributed by atoms with van der Waals surface area (Å²) in [5.74, 6) is 0.691. The molecule has 0 aliphatic rings. The van der Waals surface area contributed by atoms with Crippen LogP contribution < -0.4 is 0 Å². The van der Waals surface area contributed by atoms with Gasteiger partial charge in [-0.25, -0.2) is 9.97 Å². The number of para-hydroxylation sites is 2. The van der Waals surface area contributed by atoms with E-state index in [1.807, 2.05) is 23.6 Å². The zero-order chi connectivity index (χ0) is 34.4. The van der Waals surface area contributed by atoms with Gasteiger partial charge in [0.1, 0.15) is 0 Å². The first kappa shape index (κ1) is 30.2. The second-order valence-corrected chi connectivity index (χ2v) is 14.0. The minimum Gasteiger partial charge on any atom is -0.309 e. The summed E-state index contributed by atoms with van der Waals surface area (Å²) >= 11 is 1.82. The maximum atomic E-state index is 5.23. The van der Waals surface area contributed by atoms with E-state index < -0.39 is 0 Å². The van der Waals surface area contributed by atoms with Crippen molar-refractivity contribution in [2.24, 2.45) is 0 Å². The first-order chi connectivity index (χ1) is 25.7. The molecule has 5 heteroatoms. The molecule has 0 aliphatic carbocycles. The van der Waals surface area contributed by atoms with Crippen molar-refractivity contribution >= 4 is 43.2 Å². The summed E-state index contributed by atoms with van der Waals surface area (Å²) in [6.45, 7) is 0. The highest BCUT2D eigenvalue weighted by atomic mass is 32.1. The Morgan fingerprint density at radius 2 is 1.10 bits per heavy atom. The SMILES string of the molecule is c1ccc(-n2c3ccccc3c3cc(-c4nc(-c5ccc(-c6cccnc6)cc5)cc(-c5ccc(-c6cc7ccccc7s6)cc5)n4)ccc32)cc1. The monoisotopic (exact) mass is 682 g/mol. The lowest BCUT2D eigenvalue weighted by Gasteiger charge is -2.11. The van der Waals surface area contributed by atoms with Crippen molar-refractivity contribution in [1.29, 1.82) is 0 Å². The number of pyridine rings is 1. The van der Waals surface area contributed by atoms with E-state index in [0.717, 1.165) is 50.4 Å². The van der Waals surface area contributed by atoms with Crippen LogP contribution in [-0.2, 0) is 0 Å². The van der Waals surface area contributed by atoms with E-state index in [1.165, 1.54) is 36.8 Å². The van der Waals surface area contributed by atoms with Crippen molar-refractivity contribution in [2.75, 3.05) is 0 Å². The van der Waals surface area contributed by atoms with Crippen LogP contribution in [0.4, 0.5) is 0 Å². The molecule has 4 nitrogen and oxygen atoms in total. The molecule has 52 heavy (non-hydrogen) atoms. The summed E-state index contributed by atoms with van der Waals surface area (Å²) in [5, 5.41) is 3.64. The molecule has 0 saturated carbocycles. The molecule has 10 aromatic rings. The Labute approximate surface area is 305 Å². The Bertz CT molecular complexity index is 2840. The second-order valence-electron chi connectivity index (χ2n) is 12.9. The van der Waals surface area contributed by atoms with Crippen molar-refractivity contribution in [3.05, 3.63) is 182 Å². The van der Waals surface area contributed by atoms with Gasteiger partial charge in [-0.1, -0.05) is 109 Å². The normalized spacial score (nSPS) is 11.5. The first-order valence-corrected chi connectivity index (χ1v) is 18.2. The van der Waals surface area contributed by atoms with E-state index >= 15 is 0 Å². The molecule has 0 bridgehead atoms. The van der Waals surface area contributed by atoms with Crippen LogP contribution in [0, 0.1) is 0 Å². The van der Waals surface area contributed by atoms with Crippen LogP contribution in [0.5, 0.6) is 0 Å². The number of hydrogen-bond donors (Lipinski definition) is 0. The number of nitrogens with zero attached hydrogens (tertiary/aromatic N) is 4. The molecule has 0 saturated heterocycles. The molecule has 0 unspecified atom stereocenters. The van der Waals surface area contributed by atoms with Gasteiger partial charge >= 0.3 is 0 Å². The van der Waals surface area contributed by atoms with Crippen LogP contribution in [0.25, 0.3) is 93.0 Å². The molecule has 0 spiro atoms. The third-order valence-corrected chi connectivity index (χ3v) is 10.9. The predicted molar refractivity (Wildman–Crippen MR) is 217 cm³/mol. The van der Waals surface area contributed by atoms with Gasteiger partial charge in [-0.15, -0.1) is 11.3 Å². The van der Waals surface area contributed by atoms with Gasteiger partial charge < -0.3 is 4.57 Å². The topological polar surface area (TPSA) is 43.6 Å². The first-order valence-electron chi connectivity index (χ1n) is 17.3. The molecule has 244 valence electrons. The fourth-order valence-corrected chi connectivity index (χ4v) is 8.20. The molecule has 4 aromatic heterocycles. The van der Waals surface area contributed by atoms with E-state index in [2.05, 4.69) is 173 Å². The van der Waals surface area contributed by atoms with E-state index in [4.69, 9.17) is 9.97 Å². The van der Waals surface area contributed by atoms with Crippen molar-refractivity contribution in [3.63, 3.8) is 0 Å². The highest BCUT2D eigenvalue weighted by Crippen LogP contribution is 2.37. The van der Waals surface area contributed by atoms with Crippen molar-refractivity contribution in [2.45, 2.75) is 0 Å². The largest absolute Gasteiger partial charge is 0.309 e. The van der Waals surface area contributed by atoms with E-state index in [0.29, 0.717) is 5.82 Å². The van der Waals surface area contributed by atoms with Crippen molar-refractivity contribution in [1.82, 2.24) is 19.5 Å². The molecule has 6 aromatic carbocycles. The zero-order valence-electron chi connectivity index (χ0n) is 28.0. The van der Waals surface area contributed by atoms with Crippen molar-refractivity contribution in [3.8, 4) is 61.2 Å². The van der Waals surface area contributed by atoms with Gasteiger partial charge in [0.2, 0.25) is 0 Å². The third kappa shape index (κ3) is 5.36. The minimum atomic E-state index is 0.691. The molecule has 0 aliphatic heterocycles. The molecule has 10 rings (SSSR count). The predicted octanol–water partition coefficient (Wildman–Crippen LogP) is 12.5. The van der Waals surface area contributed by atoms with Crippen LogP contribution in [0.15, 0.2) is 182 Å². The maximum absolute atomic E-state index is 5.23. The fourth-order valence-electron chi connectivity index (χ4n) is 7.14. The van der Waals surface area contributed by atoms with E-state index in [9.17, 15) is 0 Å². The summed E-state index contributed by atoms with van der Waals surface area (Å²) in [7, 11) is 0. The molecule has 4 heterocycles. The number of rotatable bonds is 6. The summed E-state index contributed by atoms with van der Waals surface area (Å²) < 4.78 is 3.63. The molecule has 0 fully saturated rings. The van der Waals surface area contributed by atoms with Gasteiger partial charge in [-0.3, -0.25) is 4.98 Å². The molecular weight excluding hydrogens is 653 g/mol. The lowest BCUT2D eigenvalue weighted by Crippen LogP contribution is -1.96. The van der Waals surface area contributed by atoms with Gasteiger partial charge in [0.15, 0.2) is 5.82 Å². The third-order valence-electron chi connectivity index (χ3n) is 9.74. The Morgan fingerprint density at radius 3 is 1.85 bits per heavy atom. The summed E-state index contributed by atoms with van der Waals surface area (Å²) in [4.78, 5) is 16.0. The van der Waals surface area contributed by atoms with Gasteiger partial charge in [0.05, 0.1) is 22.4 Å². The van der Waals surface area contributed by atoms with Crippen LogP contribution in [0.2, 0.25) is 0 Å². The standard InChI is InChI=1S/C47H30N4S/c1-2-11-38(12-3-1)51-43-14-6-5-13-39(43)40-27-36(24-25-44(40)51)47-49-41(32-18-16-31(17-19-32)37-10-8-26-48-30-37)29-42(50-47)33-20-22-34(23-21-33)46-28-35-9-4-7-15-45(35)52-46/h1-30H. The van der Waals surface area contributed by atoms with Gasteiger partial charge in [-0.05, 0) is 82.7 Å². The summed E-state index contributed by atoms with van der Waals surface area (Å²) in [5.41, 5.74) is 11.7. The number of fused-ring (bicyclic) bond motifs is 4. The Balaban J connectivity index is 1.11. The number of thiophene rings is 1. The van der Waals surface area contributed by atoms with Gasteiger partial charge in [0, 0.05) is 55.1 Å². The lowest BCUT2D eigenvalue weighted by molar-refractivity contribution is 1.17. The van der Waals surface area contributed by atoms with Crippen molar-refractivity contribution < 1.29 is 0 Å². The minimum absolute atomic E-state index is 0.691. The average Bonchev–Trinajstić information content (AvgIpc) is 3.81. The second kappa shape index (κ2) is 12.6. The van der Waals surface area contributed by atoms with Gasteiger partial charge in [0.25, 0.3) is 0 Å². The van der Waals surface area contributed by atoms with E-state index in [-0.39, 0.29) is 0 Å². The summed E-state index contributed by atoms with van der Waals surface area (Å²) in [6.07, 6.45) is 3.69. The highest BCUT2D eigenvalue weighted by Gasteiger charge is 2.16. The number of benzene rings is 6. The van der Waals surface area contributed by atoms with Crippen LogP contribution in [-0.4, -0.2) is 19.5 Å². The molecule has 0 amide bonds. The average molecular weight is 683 g/mol. The molecule has 0 atom stereocenters. The molecule has 0 radical (unpaired) electrons. The van der Waals surface area contributed by atoms with Crippen LogP contribution in [0.1, 0.15) is 0 Å². The number of aromatic nitrogens is 4. The fraction of sp³-hybridized carbons (Fsp3) is 0. The van der Waals surface area contributed by atoms with Crippen LogP contribution >= 0.6 is 11.3 Å². The molecular formula is C47H30N4S. The maximum Gasteiger partial charge on any atom is 0.160 e. The Morgan fingerprint density at radius 1 is 0.442 bits per heavy atom. The lowest BCUT2D eigenvalue weighted by atomic mass is 10.0.